The maximum Gasteiger partial charge on any atom is 0.208 e. The van der Waals surface area contributed by atoms with Crippen LogP contribution in [0, 0.1) is 11.8 Å². The van der Waals surface area contributed by atoms with E-state index < -0.39 is 8.32 Å². The van der Waals surface area contributed by atoms with Gasteiger partial charge in [0.05, 0.1) is 6.61 Å². The van der Waals surface area contributed by atoms with E-state index in [1.54, 1.807) is 0 Å². The highest BCUT2D eigenvalue weighted by atomic mass is 35.5. The summed E-state index contributed by atoms with van der Waals surface area (Å²) in [6, 6.07) is 7.54. The van der Waals surface area contributed by atoms with Crippen molar-refractivity contribution < 1.29 is 9.63 Å². The lowest BCUT2D eigenvalue weighted by Crippen LogP contribution is -2.43. The molecule has 1 aliphatic carbocycles. The predicted octanol–water partition coefficient (Wildman–Crippen LogP) is 6.89. The first-order chi connectivity index (χ1) is 18.8. The number of hydrogen-bond acceptors (Lipinski definition) is 7. The van der Waals surface area contributed by atoms with Crippen molar-refractivity contribution in [3.63, 3.8) is 0 Å². The zero-order chi connectivity index (χ0) is 29.2. The number of amidine groups is 1. The number of fused-ring (bicyclic) bond motifs is 1. The van der Waals surface area contributed by atoms with Crippen LogP contribution in [0.3, 0.4) is 0 Å². The Kier molecular flexibility index (Phi) is 9.11. The summed E-state index contributed by atoms with van der Waals surface area (Å²) in [4.78, 5) is 14.3. The topological polar surface area (TPSA) is 123 Å². The Bertz CT molecular complexity index is 1360. The Hall–Kier alpha value is -2.69. The second kappa shape index (κ2) is 12.0. The Morgan fingerprint density at radius 1 is 1.23 bits per heavy atom. The molecule has 2 aromatic heterocycles. The van der Waals surface area contributed by atoms with Gasteiger partial charge in [0.2, 0.25) is 17.6 Å². The molecule has 3 aromatic rings. The summed E-state index contributed by atoms with van der Waals surface area (Å²) in [6.45, 7) is 17.1. The van der Waals surface area contributed by atoms with Gasteiger partial charge < -0.3 is 25.3 Å². The smallest absolute Gasteiger partial charge is 0.208 e. The molecule has 0 bridgehead atoms. The molecular formula is C29H44ClN7O2Si. The molecule has 0 amide bonds. The van der Waals surface area contributed by atoms with Crippen molar-refractivity contribution in [3.05, 3.63) is 35.1 Å². The summed E-state index contributed by atoms with van der Waals surface area (Å²) in [7, 11) is -1.91. The number of imidazole rings is 1. The Labute approximate surface area is 243 Å². The zero-order valence-electron chi connectivity index (χ0n) is 24.8. The van der Waals surface area contributed by atoms with Gasteiger partial charge in [0, 0.05) is 23.2 Å². The third-order valence-electron chi connectivity index (χ3n) is 8.49. The highest BCUT2D eigenvalue weighted by Crippen LogP contribution is 2.37. The molecule has 1 saturated carbocycles. The van der Waals surface area contributed by atoms with E-state index in [4.69, 9.17) is 31.7 Å². The van der Waals surface area contributed by atoms with E-state index in [2.05, 4.69) is 67.7 Å². The molecule has 4 rings (SSSR count). The lowest BCUT2D eigenvalue weighted by atomic mass is 9.83. The number of oxime groups is 1. The van der Waals surface area contributed by atoms with Gasteiger partial charge in [-0.2, -0.15) is 4.98 Å². The van der Waals surface area contributed by atoms with Crippen molar-refractivity contribution in [3.8, 4) is 11.3 Å². The van der Waals surface area contributed by atoms with Gasteiger partial charge in [0.15, 0.2) is 14.0 Å². The standard InChI is InChI=1S/C29H44ClN7O2Si/c1-18-11-13-20(14-12-18)16-37-24-23(21-9-8-10-22(30)15-21)33-27(25(31)36-38)34-26(24)35-28(37)32-19(2)17-39-40(6,7)29(3,4)5/h8-10,15,18-20,38H,11-14,16-17H2,1-7H3,(H2,31,36)(H,32,33,34,35)/t18?,19-,20?/m1/s1. The van der Waals surface area contributed by atoms with E-state index in [0.717, 1.165) is 23.5 Å². The van der Waals surface area contributed by atoms with E-state index in [9.17, 15) is 5.21 Å². The second-order valence-electron chi connectivity index (χ2n) is 12.9. The molecule has 40 heavy (non-hydrogen) atoms. The second-order valence-corrected chi connectivity index (χ2v) is 18.1. The number of halogens is 1. The Morgan fingerprint density at radius 2 is 1.93 bits per heavy atom. The number of nitrogens with zero attached hydrogens (tertiary/aromatic N) is 5. The summed E-state index contributed by atoms with van der Waals surface area (Å²) >= 11 is 6.38. The minimum Gasteiger partial charge on any atom is -0.415 e. The average Bonchev–Trinajstić information content (AvgIpc) is 3.23. The number of aromatic nitrogens is 4. The molecule has 0 unspecified atom stereocenters. The highest BCUT2D eigenvalue weighted by molar-refractivity contribution is 6.74. The zero-order valence-corrected chi connectivity index (χ0v) is 26.6. The van der Waals surface area contributed by atoms with Crippen LogP contribution in [0.25, 0.3) is 22.4 Å². The summed E-state index contributed by atoms with van der Waals surface area (Å²) in [5.41, 5.74) is 8.69. The number of nitrogens with one attached hydrogen (secondary N) is 1. The average molecular weight is 586 g/mol. The fourth-order valence-electron chi connectivity index (χ4n) is 4.90. The molecule has 1 aromatic carbocycles. The third-order valence-corrected chi connectivity index (χ3v) is 13.2. The molecule has 0 aliphatic heterocycles. The molecule has 4 N–H and O–H groups in total. The molecule has 1 aliphatic rings. The predicted molar refractivity (Wildman–Crippen MR) is 166 cm³/mol. The van der Waals surface area contributed by atoms with E-state index in [-0.39, 0.29) is 22.7 Å². The van der Waals surface area contributed by atoms with Crippen molar-refractivity contribution in [2.75, 3.05) is 11.9 Å². The maximum absolute atomic E-state index is 9.38. The first-order valence-corrected chi connectivity index (χ1v) is 17.5. The molecular weight excluding hydrogens is 542 g/mol. The number of benzene rings is 1. The van der Waals surface area contributed by atoms with Gasteiger partial charge in [0.1, 0.15) is 11.2 Å². The first kappa shape index (κ1) is 30.3. The summed E-state index contributed by atoms with van der Waals surface area (Å²) < 4.78 is 8.73. The van der Waals surface area contributed by atoms with Gasteiger partial charge in [-0.3, -0.25) is 0 Å². The summed E-state index contributed by atoms with van der Waals surface area (Å²) in [6.07, 6.45) is 4.78. The molecule has 2 heterocycles. The third kappa shape index (κ3) is 6.78. The Morgan fingerprint density at radius 3 is 2.55 bits per heavy atom. The quantitative estimate of drug-likeness (QED) is 0.0821. The van der Waals surface area contributed by atoms with Crippen molar-refractivity contribution >= 4 is 42.9 Å². The summed E-state index contributed by atoms with van der Waals surface area (Å²) in [5, 5.41) is 16.9. The lowest BCUT2D eigenvalue weighted by molar-refractivity contribution is 0.265. The van der Waals surface area contributed by atoms with Crippen LogP contribution in [0.15, 0.2) is 29.4 Å². The first-order valence-electron chi connectivity index (χ1n) is 14.2. The normalized spacial score (nSPS) is 19.6. The number of hydrogen-bond donors (Lipinski definition) is 3. The van der Waals surface area contributed by atoms with Crippen molar-refractivity contribution in [1.29, 1.82) is 0 Å². The molecule has 218 valence electrons. The SMILES string of the molecule is CC1CCC(Cn2c(N[C@H](C)CO[Si](C)(C)C(C)(C)C)nc3nc(C(N)=NO)nc(-c4cccc(Cl)c4)c32)CC1. The van der Waals surface area contributed by atoms with Gasteiger partial charge in [0.25, 0.3) is 0 Å². The molecule has 0 saturated heterocycles. The van der Waals surface area contributed by atoms with E-state index in [1.165, 1.54) is 25.7 Å². The van der Waals surface area contributed by atoms with Gasteiger partial charge in [-0.15, -0.1) is 0 Å². The number of nitrogens with two attached hydrogens (primary N) is 1. The van der Waals surface area contributed by atoms with Crippen molar-refractivity contribution in [1.82, 2.24) is 19.5 Å². The van der Waals surface area contributed by atoms with Gasteiger partial charge in [-0.05, 0) is 61.9 Å². The fourth-order valence-corrected chi connectivity index (χ4v) is 6.19. The van der Waals surface area contributed by atoms with Crippen LogP contribution in [0.4, 0.5) is 5.95 Å². The largest absolute Gasteiger partial charge is 0.415 e. The van der Waals surface area contributed by atoms with Crippen LogP contribution < -0.4 is 11.1 Å². The van der Waals surface area contributed by atoms with E-state index in [1.807, 2.05) is 24.3 Å². The van der Waals surface area contributed by atoms with Crippen LogP contribution in [-0.4, -0.2) is 51.5 Å². The maximum atomic E-state index is 9.38. The molecule has 9 nitrogen and oxygen atoms in total. The van der Waals surface area contributed by atoms with Crippen LogP contribution in [-0.2, 0) is 11.0 Å². The van der Waals surface area contributed by atoms with Gasteiger partial charge in [-0.1, -0.05) is 69.4 Å². The molecule has 1 fully saturated rings. The molecule has 11 heteroatoms. The van der Waals surface area contributed by atoms with Crippen LogP contribution >= 0.6 is 11.6 Å². The minimum absolute atomic E-state index is 0.0159. The van der Waals surface area contributed by atoms with E-state index >= 15 is 0 Å². The van der Waals surface area contributed by atoms with Crippen molar-refractivity contribution in [2.24, 2.45) is 22.7 Å². The van der Waals surface area contributed by atoms with Crippen LogP contribution in [0.5, 0.6) is 0 Å². The Balaban J connectivity index is 1.80. The van der Waals surface area contributed by atoms with Crippen LogP contribution in [0.1, 0.15) is 66.1 Å². The van der Waals surface area contributed by atoms with Gasteiger partial charge >= 0.3 is 0 Å². The minimum atomic E-state index is -1.91. The fraction of sp³-hybridized carbons (Fsp3) is 0.586. The molecule has 1 atom stereocenters. The van der Waals surface area contributed by atoms with Gasteiger partial charge in [-0.25, -0.2) is 9.97 Å². The molecule has 0 radical (unpaired) electrons. The number of rotatable bonds is 9. The van der Waals surface area contributed by atoms with E-state index in [0.29, 0.717) is 34.8 Å². The highest BCUT2D eigenvalue weighted by Gasteiger charge is 2.37. The van der Waals surface area contributed by atoms with Crippen molar-refractivity contribution in [2.45, 2.75) is 91.0 Å². The molecule has 0 spiro atoms. The lowest BCUT2D eigenvalue weighted by Gasteiger charge is -2.37. The summed E-state index contributed by atoms with van der Waals surface area (Å²) in [5.74, 6) is 1.93. The van der Waals surface area contributed by atoms with Crippen LogP contribution in [0.2, 0.25) is 23.2 Å². The number of anilines is 1. The monoisotopic (exact) mass is 585 g/mol.